The van der Waals surface area contributed by atoms with Crippen molar-refractivity contribution in [3.8, 4) is 0 Å². The highest BCUT2D eigenvalue weighted by Gasteiger charge is 2.31. The number of hydrogen-bond acceptors (Lipinski definition) is 4. The first-order chi connectivity index (χ1) is 18.2. The van der Waals surface area contributed by atoms with Gasteiger partial charge in [-0.2, -0.15) is 0 Å². The van der Waals surface area contributed by atoms with E-state index in [2.05, 4.69) is 9.71 Å². The van der Waals surface area contributed by atoms with Crippen LogP contribution in [-0.4, -0.2) is 36.8 Å². The molecule has 38 heavy (non-hydrogen) atoms. The lowest BCUT2D eigenvalue weighted by atomic mass is 9.81. The summed E-state index contributed by atoms with van der Waals surface area (Å²) in [5, 5.41) is 0. The molecule has 3 aromatic rings. The number of aromatic nitrogens is 1. The number of hydrogen-bond donors (Lipinski definition) is 1. The third-order valence-electron chi connectivity index (χ3n) is 7.05. The van der Waals surface area contributed by atoms with E-state index in [0.29, 0.717) is 32.1 Å². The zero-order chi connectivity index (χ0) is 27.1. The van der Waals surface area contributed by atoms with Crippen LogP contribution >= 0.6 is 11.8 Å². The van der Waals surface area contributed by atoms with E-state index in [-0.39, 0.29) is 47.5 Å². The number of nitrogens with one attached hydrogen (secondary N) is 1. The van der Waals surface area contributed by atoms with Gasteiger partial charge in [-0.25, -0.2) is 21.9 Å². The third-order valence-corrected chi connectivity index (χ3v) is 8.81. The van der Waals surface area contributed by atoms with E-state index in [0.717, 1.165) is 17.2 Å². The maximum Gasteiger partial charge on any atom is 0.243 e. The summed E-state index contributed by atoms with van der Waals surface area (Å²) >= 11 is 6.51. The average molecular weight is 562 g/mol. The predicted octanol–water partition coefficient (Wildman–Crippen LogP) is 5.45. The zero-order valence-corrected chi connectivity index (χ0v) is 22.3. The number of carbonyl (C=O) groups excluding carboxylic acids is 1. The molecule has 10 heteroatoms. The topological polar surface area (TPSA) is 79.4 Å². The smallest absolute Gasteiger partial charge is 0.243 e. The van der Waals surface area contributed by atoms with Crippen LogP contribution in [0.2, 0.25) is 0 Å². The molecule has 0 radical (unpaired) electrons. The molecule has 1 aliphatic rings. The number of halogens is 3. The van der Waals surface area contributed by atoms with Crippen molar-refractivity contribution in [3.05, 3.63) is 95.8 Å². The fourth-order valence-corrected chi connectivity index (χ4v) is 6.39. The molecule has 202 valence electrons. The molecule has 2 aromatic carbocycles. The van der Waals surface area contributed by atoms with Crippen molar-refractivity contribution in [1.29, 1.82) is 0 Å². The summed E-state index contributed by atoms with van der Waals surface area (Å²) < 4.78 is 56.1. The lowest BCUT2D eigenvalue weighted by Crippen LogP contribution is -2.37. The number of sulfonamides is 1. The van der Waals surface area contributed by atoms with E-state index in [4.69, 9.17) is 11.8 Å². The number of benzene rings is 2. The van der Waals surface area contributed by atoms with Crippen LogP contribution in [-0.2, 0) is 21.2 Å². The maximum atomic E-state index is 13.9. The van der Waals surface area contributed by atoms with Gasteiger partial charge in [-0.05, 0) is 79.5 Å². The zero-order valence-electron chi connectivity index (χ0n) is 20.8. The van der Waals surface area contributed by atoms with E-state index in [9.17, 15) is 22.0 Å². The molecule has 0 spiro atoms. The largest absolute Gasteiger partial charge is 0.273 e. The van der Waals surface area contributed by atoms with E-state index < -0.39 is 15.8 Å². The van der Waals surface area contributed by atoms with Crippen LogP contribution in [0.1, 0.15) is 42.7 Å². The Morgan fingerprint density at radius 2 is 1.74 bits per heavy atom. The Balaban J connectivity index is 1.32. The van der Waals surface area contributed by atoms with Gasteiger partial charge in [0.05, 0.1) is 0 Å². The van der Waals surface area contributed by atoms with E-state index >= 15 is 0 Å². The van der Waals surface area contributed by atoms with Crippen molar-refractivity contribution >= 4 is 27.7 Å². The predicted molar refractivity (Wildman–Crippen MR) is 142 cm³/mol. The number of rotatable bonds is 10. The van der Waals surface area contributed by atoms with Crippen LogP contribution < -0.4 is 4.72 Å². The number of pyridine rings is 1. The van der Waals surface area contributed by atoms with Gasteiger partial charge < -0.3 is 0 Å². The SMILES string of the molecule is O=C(C1CCC(CNS(=O)(=O)c2ccccc2F)CC1)N(Cl)CC(Cc1cccnc1)c1ccc(F)cc1. The molecule has 0 bridgehead atoms. The lowest BCUT2D eigenvalue weighted by Gasteiger charge is -2.31. The molecule has 1 heterocycles. The summed E-state index contributed by atoms with van der Waals surface area (Å²) in [4.78, 5) is 17.0. The second-order valence-electron chi connectivity index (χ2n) is 9.70. The van der Waals surface area contributed by atoms with Gasteiger partial charge >= 0.3 is 0 Å². The van der Waals surface area contributed by atoms with Gasteiger partial charge in [0, 0.05) is 49.1 Å². The summed E-state index contributed by atoms with van der Waals surface area (Å²) in [6.07, 6.45) is 6.50. The quantitative estimate of drug-likeness (QED) is 0.334. The summed E-state index contributed by atoms with van der Waals surface area (Å²) in [6.45, 7) is 0.434. The Morgan fingerprint density at radius 1 is 1.03 bits per heavy atom. The Hall–Kier alpha value is -2.88. The number of carbonyl (C=O) groups is 1. The minimum Gasteiger partial charge on any atom is -0.273 e. The highest BCUT2D eigenvalue weighted by Crippen LogP contribution is 2.32. The molecule has 1 N–H and O–H groups in total. The van der Waals surface area contributed by atoms with Crippen molar-refractivity contribution in [2.24, 2.45) is 11.8 Å². The average Bonchev–Trinajstić information content (AvgIpc) is 2.92. The van der Waals surface area contributed by atoms with Crippen LogP contribution in [0.4, 0.5) is 8.78 Å². The normalized spacial score (nSPS) is 18.6. The fourth-order valence-electron chi connectivity index (χ4n) is 4.89. The first kappa shape index (κ1) is 28.1. The van der Waals surface area contributed by atoms with Gasteiger partial charge in [-0.3, -0.25) is 14.2 Å². The molecule has 1 fully saturated rings. The van der Waals surface area contributed by atoms with Gasteiger partial charge in [0.2, 0.25) is 15.9 Å². The highest BCUT2D eigenvalue weighted by molar-refractivity contribution is 7.89. The molecule has 1 aliphatic carbocycles. The molecule has 1 aromatic heterocycles. The molecule has 1 saturated carbocycles. The molecule has 6 nitrogen and oxygen atoms in total. The molecule has 0 aliphatic heterocycles. The van der Waals surface area contributed by atoms with Crippen molar-refractivity contribution in [1.82, 2.24) is 14.1 Å². The van der Waals surface area contributed by atoms with Gasteiger partial charge in [-0.15, -0.1) is 0 Å². The van der Waals surface area contributed by atoms with Gasteiger partial charge in [0.15, 0.2) is 0 Å². The summed E-state index contributed by atoms with van der Waals surface area (Å²) in [5.74, 6) is -1.67. The standard InChI is InChI=1S/C28H30ClF2N3O3S/c29-34(19-24(16-21-4-3-15-32-17-21)22-11-13-25(30)14-12-22)28(35)23-9-7-20(8-10-23)18-33-38(36,37)27-6-2-1-5-26(27)31/h1-6,11-15,17,20,23-24,33H,7-10,16,18-19H2. The number of amides is 1. The summed E-state index contributed by atoms with van der Waals surface area (Å²) in [6, 6.07) is 15.3. The van der Waals surface area contributed by atoms with E-state index in [1.807, 2.05) is 12.1 Å². The molecule has 0 saturated heterocycles. The van der Waals surface area contributed by atoms with E-state index in [1.54, 1.807) is 24.5 Å². The highest BCUT2D eigenvalue weighted by atomic mass is 35.5. The maximum absolute atomic E-state index is 13.9. The Kier molecular flexibility index (Phi) is 9.46. The minimum absolute atomic E-state index is 0.0434. The molecular weight excluding hydrogens is 532 g/mol. The van der Waals surface area contributed by atoms with Gasteiger partial charge in [0.25, 0.3) is 0 Å². The van der Waals surface area contributed by atoms with Crippen LogP contribution in [0.3, 0.4) is 0 Å². The number of nitrogens with zero attached hydrogens (tertiary/aromatic N) is 2. The van der Waals surface area contributed by atoms with Crippen molar-refractivity contribution in [2.75, 3.05) is 13.1 Å². The van der Waals surface area contributed by atoms with Gasteiger partial charge in [-0.1, -0.05) is 30.3 Å². The van der Waals surface area contributed by atoms with Crippen LogP contribution in [0.25, 0.3) is 0 Å². The molecular formula is C28H30ClF2N3O3S. The summed E-state index contributed by atoms with van der Waals surface area (Å²) in [5.41, 5.74) is 1.86. The van der Waals surface area contributed by atoms with Crippen LogP contribution in [0.5, 0.6) is 0 Å². The second kappa shape index (κ2) is 12.8. The Labute approximate surface area is 227 Å². The van der Waals surface area contributed by atoms with E-state index in [1.165, 1.54) is 34.8 Å². The molecule has 1 atom stereocenters. The molecule has 1 unspecified atom stereocenters. The molecule has 1 amide bonds. The second-order valence-corrected chi connectivity index (χ2v) is 11.8. The van der Waals surface area contributed by atoms with Crippen molar-refractivity contribution in [2.45, 2.75) is 42.9 Å². The van der Waals surface area contributed by atoms with Gasteiger partial charge in [0.1, 0.15) is 16.5 Å². The van der Waals surface area contributed by atoms with Crippen LogP contribution in [0, 0.1) is 23.5 Å². The van der Waals surface area contributed by atoms with Crippen LogP contribution in [0.15, 0.2) is 78.0 Å². The molecule has 4 rings (SSSR count). The monoisotopic (exact) mass is 561 g/mol. The Bertz CT molecular complexity index is 1320. The third kappa shape index (κ3) is 7.36. The minimum atomic E-state index is -3.95. The first-order valence-corrected chi connectivity index (χ1v) is 14.4. The Morgan fingerprint density at radius 3 is 2.39 bits per heavy atom. The first-order valence-electron chi connectivity index (χ1n) is 12.6. The lowest BCUT2D eigenvalue weighted by molar-refractivity contribution is -0.132. The summed E-state index contributed by atoms with van der Waals surface area (Å²) in [7, 11) is -3.95. The van der Waals surface area contributed by atoms with Crippen molar-refractivity contribution in [3.63, 3.8) is 0 Å². The fraction of sp³-hybridized carbons (Fsp3) is 0.357. The van der Waals surface area contributed by atoms with Crippen molar-refractivity contribution < 1.29 is 22.0 Å².